The quantitative estimate of drug-likeness (QED) is 0.817. The first-order chi connectivity index (χ1) is 8.95. The molecule has 0 unspecified atom stereocenters. The lowest BCUT2D eigenvalue weighted by Gasteiger charge is -2.10. The van der Waals surface area contributed by atoms with Crippen LogP contribution < -0.4 is 5.73 Å². The van der Waals surface area contributed by atoms with Gasteiger partial charge < -0.3 is 5.73 Å². The third-order valence-electron chi connectivity index (χ3n) is 2.60. The Bertz CT molecular complexity index is 580. The molecule has 0 aliphatic carbocycles. The summed E-state index contributed by atoms with van der Waals surface area (Å²) >= 11 is 3.87. The molecule has 4 nitrogen and oxygen atoms in total. The number of aryl methyl sites for hydroxylation is 1. The average Bonchev–Trinajstić information content (AvgIpc) is 2.70. The van der Waals surface area contributed by atoms with Gasteiger partial charge in [0.05, 0.1) is 26.4 Å². The molecule has 0 atom stereocenters. The number of halogens is 1. The molecule has 2 aromatic rings. The molecule has 102 valence electrons. The van der Waals surface area contributed by atoms with Gasteiger partial charge in [0.1, 0.15) is 11.6 Å². The van der Waals surface area contributed by atoms with Gasteiger partial charge in [0.25, 0.3) is 0 Å². The number of nitrogens with zero attached hydrogens (tertiary/aromatic N) is 3. The topological polar surface area (TPSA) is 64.7 Å². The van der Waals surface area contributed by atoms with Crippen LogP contribution in [0.15, 0.2) is 5.38 Å². The third kappa shape index (κ3) is 3.85. The van der Waals surface area contributed by atoms with E-state index in [0.717, 1.165) is 32.2 Å². The van der Waals surface area contributed by atoms with Gasteiger partial charge in [-0.15, -0.1) is 11.3 Å². The number of hydrogen-bond donors (Lipinski definition) is 1. The predicted molar refractivity (Wildman–Crippen MR) is 87.4 cm³/mol. The van der Waals surface area contributed by atoms with Crippen molar-refractivity contribution < 1.29 is 0 Å². The van der Waals surface area contributed by atoms with Crippen LogP contribution >= 0.6 is 33.9 Å². The fraction of sp³-hybridized carbons (Fsp3) is 0.462. The standard InChI is InChI=1S/C13H17IN4S/c1-7(2)4-10-12(14)13(15)18-11(17-10)5-9-6-19-8(3)16-9/h6-7H,4-5H2,1-3H3,(H2,15,17,18). The van der Waals surface area contributed by atoms with Crippen LogP contribution in [0.3, 0.4) is 0 Å². The van der Waals surface area contributed by atoms with Crippen LogP contribution in [-0.2, 0) is 12.8 Å². The lowest BCUT2D eigenvalue weighted by Crippen LogP contribution is -2.10. The van der Waals surface area contributed by atoms with E-state index < -0.39 is 0 Å². The van der Waals surface area contributed by atoms with E-state index in [0.29, 0.717) is 18.2 Å². The fourth-order valence-corrected chi connectivity index (χ4v) is 2.89. The van der Waals surface area contributed by atoms with Crippen molar-refractivity contribution in [1.29, 1.82) is 0 Å². The number of nitrogens with two attached hydrogens (primary N) is 1. The maximum atomic E-state index is 5.98. The van der Waals surface area contributed by atoms with E-state index in [1.807, 2.05) is 6.92 Å². The van der Waals surface area contributed by atoms with Gasteiger partial charge in [-0.05, 0) is 41.9 Å². The number of nitrogen functional groups attached to an aromatic ring is 1. The Kier molecular flexibility index (Phi) is 4.72. The minimum Gasteiger partial charge on any atom is -0.383 e. The summed E-state index contributed by atoms with van der Waals surface area (Å²) in [6.45, 7) is 6.36. The molecule has 0 aliphatic heterocycles. The lowest BCUT2D eigenvalue weighted by molar-refractivity contribution is 0.628. The van der Waals surface area contributed by atoms with Gasteiger partial charge in [-0.2, -0.15) is 0 Å². The molecule has 2 heterocycles. The molecular weight excluding hydrogens is 371 g/mol. The summed E-state index contributed by atoms with van der Waals surface area (Å²) in [6, 6.07) is 0. The summed E-state index contributed by atoms with van der Waals surface area (Å²) in [5.74, 6) is 1.89. The van der Waals surface area contributed by atoms with Crippen molar-refractivity contribution in [2.24, 2.45) is 5.92 Å². The van der Waals surface area contributed by atoms with Crippen LogP contribution in [0.5, 0.6) is 0 Å². The van der Waals surface area contributed by atoms with E-state index in [1.54, 1.807) is 11.3 Å². The first kappa shape index (κ1) is 14.6. The number of rotatable bonds is 4. The van der Waals surface area contributed by atoms with E-state index in [9.17, 15) is 0 Å². The Hall–Kier alpha value is -0.760. The molecule has 0 aliphatic rings. The Balaban J connectivity index is 2.28. The van der Waals surface area contributed by atoms with Gasteiger partial charge in [-0.25, -0.2) is 15.0 Å². The van der Waals surface area contributed by atoms with Crippen molar-refractivity contribution in [3.8, 4) is 0 Å². The van der Waals surface area contributed by atoms with E-state index in [4.69, 9.17) is 5.73 Å². The summed E-state index contributed by atoms with van der Waals surface area (Å²) in [7, 11) is 0. The summed E-state index contributed by atoms with van der Waals surface area (Å²) in [6.07, 6.45) is 1.57. The first-order valence-corrected chi connectivity index (χ1v) is 8.13. The average molecular weight is 388 g/mol. The lowest BCUT2D eigenvalue weighted by atomic mass is 10.1. The van der Waals surface area contributed by atoms with Crippen molar-refractivity contribution >= 4 is 39.7 Å². The van der Waals surface area contributed by atoms with Gasteiger partial charge in [0.2, 0.25) is 0 Å². The smallest absolute Gasteiger partial charge is 0.140 e. The zero-order valence-electron chi connectivity index (χ0n) is 11.3. The number of aromatic nitrogens is 3. The molecule has 0 amide bonds. The van der Waals surface area contributed by atoms with Gasteiger partial charge in [-0.3, -0.25) is 0 Å². The molecule has 0 fully saturated rings. The highest BCUT2D eigenvalue weighted by Crippen LogP contribution is 2.20. The number of thiazole rings is 1. The van der Waals surface area contributed by atoms with E-state index in [1.165, 1.54) is 0 Å². The molecular formula is C13H17IN4S. The minimum atomic E-state index is 0.553. The predicted octanol–water partition coefficient (Wildman–Crippen LogP) is 3.22. The number of anilines is 1. The molecule has 0 bridgehead atoms. The van der Waals surface area contributed by atoms with Crippen molar-refractivity contribution in [1.82, 2.24) is 15.0 Å². The van der Waals surface area contributed by atoms with Crippen LogP contribution in [0.25, 0.3) is 0 Å². The Labute approximate surface area is 131 Å². The molecule has 0 saturated heterocycles. The maximum absolute atomic E-state index is 5.98. The molecule has 19 heavy (non-hydrogen) atoms. The van der Waals surface area contributed by atoms with Crippen molar-refractivity contribution in [3.63, 3.8) is 0 Å². The Morgan fingerprint density at radius 3 is 2.63 bits per heavy atom. The van der Waals surface area contributed by atoms with Crippen molar-refractivity contribution in [3.05, 3.63) is 31.2 Å². The molecule has 2 rings (SSSR count). The van der Waals surface area contributed by atoms with E-state index >= 15 is 0 Å². The second kappa shape index (κ2) is 6.13. The van der Waals surface area contributed by atoms with Gasteiger partial charge in [0.15, 0.2) is 0 Å². The Morgan fingerprint density at radius 1 is 1.32 bits per heavy atom. The summed E-state index contributed by atoms with van der Waals surface area (Å²) in [5.41, 5.74) is 8.04. The van der Waals surface area contributed by atoms with Crippen molar-refractivity contribution in [2.75, 3.05) is 5.73 Å². The fourth-order valence-electron chi connectivity index (χ4n) is 1.82. The molecule has 0 saturated carbocycles. The highest BCUT2D eigenvalue weighted by atomic mass is 127. The molecule has 0 aromatic carbocycles. The highest BCUT2D eigenvalue weighted by Gasteiger charge is 2.12. The van der Waals surface area contributed by atoms with E-state index in [-0.39, 0.29) is 0 Å². The van der Waals surface area contributed by atoms with Gasteiger partial charge in [0, 0.05) is 5.38 Å². The maximum Gasteiger partial charge on any atom is 0.140 e. The second-order valence-corrected chi connectivity index (χ2v) is 7.06. The van der Waals surface area contributed by atoms with E-state index in [2.05, 4.69) is 56.8 Å². The summed E-state index contributed by atoms with van der Waals surface area (Å²) < 4.78 is 0.976. The van der Waals surface area contributed by atoms with Crippen molar-refractivity contribution in [2.45, 2.75) is 33.6 Å². The normalized spacial score (nSPS) is 11.2. The molecule has 0 spiro atoms. The van der Waals surface area contributed by atoms with Crippen LogP contribution in [0, 0.1) is 16.4 Å². The molecule has 6 heteroatoms. The summed E-state index contributed by atoms with van der Waals surface area (Å²) in [4.78, 5) is 13.5. The molecule has 0 radical (unpaired) electrons. The first-order valence-electron chi connectivity index (χ1n) is 6.17. The second-order valence-electron chi connectivity index (χ2n) is 4.92. The van der Waals surface area contributed by atoms with Crippen LogP contribution in [0.1, 0.15) is 36.1 Å². The van der Waals surface area contributed by atoms with Crippen LogP contribution in [0.2, 0.25) is 0 Å². The van der Waals surface area contributed by atoms with Crippen LogP contribution in [-0.4, -0.2) is 15.0 Å². The zero-order chi connectivity index (χ0) is 14.0. The molecule has 2 aromatic heterocycles. The summed E-state index contributed by atoms with van der Waals surface area (Å²) in [5, 5.41) is 3.12. The highest BCUT2D eigenvalue weighted by molar-refractivity contribution is 14.1. The minimum absolute atomic E-state index is 0.553. The third-order valence-corrected chi connectivity index (χ3v) is 4.60. The number of hydrogen-bond acceptors (Lipinski definition) is 5. The van der Waals surface area contributed by atoms with Gasteiger partial charge in [-0.1, -0.05) is 13.8 Å². The molecule has 2 N–H and O–H groups in total. The van der Waals surface area contributed by atoms with Gasteiger partial charge >= 0.3 is 0 Å². The Morgan fingerprint density at radius 2 is 2.05 bits per heavy atom. The monoisotopic (exact) mass is 388 g/mol. The van der Waals surface area contributed by atoms with Crippen LogP contribution in [0.4, 0.5) is 5.82 Å². The SMILES string of the molecule is Cc1nc(Cc2nc(N)c(I)c(CC(C)C)n2)cs1. The zero-order valence-corrected chi connectivity index (χ0v) is 14.2. The largest absolute Gasteiger partial charge is 0.383 e.